The molecule has 1 aliphatic heterocycles. The van der Waals surface area contributed by atoms with Crippen LogP contribution in [-0.2, 0) is 0 Å². The number of benzene rings is 2. The van der Waals surface area contributed by atoms with E-state index in [0.717, 1.165) is 30.8 Å². The van der Waals surface area contributed by atoms with Crippen molar-refractivity contribution in [3.05, 3.63) is 78.1 Å². The summed E-state index contributed by atoms with van der Waals surface area (Å²) in [5.74, 6) is -0.0606. The molecule has 0 spiro atoms. The fourth-order valence-electron chi connectivity index (χ4n) is 3.78. The second-order valence-electron chi connectivity index (χ2n) is 6.93. The van der Waals surface area contributed by atoms with Crippen LogP contribution >= 0.6 is 0 Å². The van der Waals surface area contributed by atoms with Gasteiger partial charge in [-0.1, -0.05) is 36.4 Å². The second kappa shape index (κ2) is 7.66. The molecule has 138 valence electrons. The maximum Gasteiger partial charge on any atom is 0.254 e. The number of carbonyl (C=O) groups is 1. The molecule has 1 aliphatic rings. The van der Waals surface area contributed by atoms with Gasteiger partial charge in [-0.15, -0.1) is 0 Å². The first-order valence-corrected chi connectivity index (χ1v) is 9.44. The monoisotopic (exact) mass is 360 g/mol. The molecule has 1 fully saturated rings. The van der Waals surface area contributed by atoms with E-state index in [2.05, 4.69) is 39.6 Å². The van der Waals surface area contributed by atoms with E-state index in [-0.39, 0.29) is 5.91 Å². The summed E-state index contributed by atoms with van der Waals surface area (Å²) in [7, 11) is 0. The van der Waals surface area contributed by atoms with Crippen LogP contribution in [-0.4, -0.2) is 34.8 Å². The Kier molecular flexibility index (Phi) is 4.92. The normalized spacial score (nSPS) is 16.5. The van der Waals surface area contributed by atoms with Crippen molar-refractivity contribution in [3.63, 3.8) is 0 Å². The predicted molar refractivity (Wildman–Crippen MR) is 107 cm³/mol. The standard InChI is InChI=1S/C22H24N4O/c1-17-21(16-24-26(17)19-11-6-3-7-12-19)22(27)23-15-20-13-8-14-25(20)18-9-4-2-5-10-18/h2-7,9-12,16,20H,8,13-15H2,1H3,(H,23,27). The third-order valence-corrected chi connectivity index (χ3v) is 5.22. The molecular formula is C22H24N4O. The molecule has 0 radical (unpaired) electrons. The van der Waals surface area contributed by atoms with Crippen molar-refractivity contribution in [1.29, 1.82) is 0 Å². The lowest BCUT2D eigenvalue weighted by atomic mass is 10.2. The first-order valence-electron chi connectivity index (χ1n) is 9.44. The van der Waals surface area contributed by atoms with Gasteiger partial charge in [0.15, 0.2) is 0 Å². The molecule has 1 unspecified atom stereocenters. The number of anilines is 1. The quantitative estimate of drug-likeness (QED) is 0.757. The van der Waals surface area contributed by atoms with Crippen molar-refractivity contribution in [1.82, 2.24) is 15.1 Å². The summed E-state index contributed by atoms with van der Waals surface area (Å²) in [4.78, 5) is 15.1. The maximum atomic E-state index is 12.7. The van der Waals surface area contributed by atoms with Crippen LogP contribution < -0.4 is 10.2 Å². The third kappa shape index (κ3) is 3.58. The van der Waals surface area contributed by atoms with Gasteiger partial charge >= 0.3 is 0 Å². The highest BCUT2D eigenvalue weighted by Crippen LogP contribution is 2.25. The zero-order chi connectivity index (χ0) is 18.6. The van der Waals surface area contributed by atoms with Crippen LogP contribution in [0, 0.1) is 6.92 Å². The number of nitrogens with one attached hydrogen (secondary N) is 1. The molecule has 4 rings (SSSR count). The SMILES string of the molecule is Cc1c(C(=O)NCC2CCCN2c2ccccc2)cnn1-c1ccccc1. The van der Waals surface area contributed by atoms with Crippen LogP contribution in [0.15, 0.2) is 66.9 Å². The lowest BCUT2D eigenvalue weighted by Gasteiger charge is -2.27. The van der Waals surface area contributed by atoms with E-state index in [1.807, 2.05) is 43.3 Å². The van der Waals surface area contributed by atoms with E-state index in [9.17, 15) is 4.79 Å². The Hall–Kier alpha value is -3.08. The predicted octanol–water partition coefficient (Wildman–Crippen LogP) is 3.58. The van der Waals surface area contributed by atoms with Gasteiger partial charge in [-0.3, -0.25) is 4.79 Å². The fraction of sp³-hybridized carbons (Fsp3) is 0.273. The highest BCUT2D eigenvalue weighted by atomic mass is 16.1. The first-order chi connectivity index (χ1) is 13.2. The molecule has 2 aromatic carbocycles. The molecule has 2 heterocycles. The Labute approximate surface area is 159 Å². The van der Waals surface area contributed by atoms with Gasteiger partial charge in [0.25, 0.3) is 5.91 Å². The van der Waals surface area contributed by atoms with Crippen molar-refractivity contribution in [3.8, 4) is 5.69 Å². The zero-order valence-electron chi connectivity index (χ0n) is 15.5. The highest BCUT2D eigenvalue weighted by molar-refractivity contribution is 5.95. The molecule has 3 aromatic rings. The number of rotatable bonds is 5. The lowest BCUT2D eigenvalue weighted by molar-refractivity contribution is 0.0950. The largest absolute Gasteiger partial charge is 0.367 e. The van der Waals surface area contributed by atoms with Gasteiger partial charge in [0, 0.05) is 24.8 Å². The summed E-state index contributed by atoms with van der Waals surface area (Å²) >= 11 is 0. The Bertz CT molecular complexity index is 905. The molecule has 5 nitrogen and oxygen atoms in total. The van der Waals surface area contributed by atoms with Crippen molar-refractivity contribution in [2.75, 3.05) is 18.0 Å². The van der Waals surface area contributed by atoms with Gasteiger partial charge in [-0.2, -0.15) is 5.10 Å². The molecule has 1 saturated heterocycles. The Balaban J connectivity index is 1.43. The summed E-state index contributed by atoms with van der Waals surface area (Å²) < 4.78 is 1.81. The van der Waals surface area contributed by atoms with E-state index in [1.54, 1.807) is 10.9 Å². The average Bonchev–Trinajstić information content (AvgIpc) is 3.34. The summed E-state index contributed by atoms with van der Waals surface area (Å²) in [5.41, 5.74) is 3.66. The molecule has 1 aromatic heterocycles. The van der Waals surface area contributed by atoms with Crippen molar-refractivity contribution in [2.45, 2.75) is 25.8 Å². The lowest BCUT2D eigenvalue weighted by Crippen LogP contribution is -2.40. The van der Waals surface area contributed by atoms with Crippen molar-refractivity contribution in [2.24, 2.45) is 0 Å². The zero-order valence-corrected chi connectivity index (χ0v) is 15.5. The summed E-state index contributed by atoms with van der Waals surface area (Å²) in [6.07, 6.45) is 3.90. The average molecular weight is 360 g/mol. The maximum absolute atomic E-state index is 12.7. The van der Waals surface area contributed by atoms with E-state index < -0.39 is 0 Å². The van der Waals surface area contributed by atoms with E-state index in [0.29, 0.717) is 18.2 Å². The van der Waals surface area contributed by atoms with Crippen LogP contribution in [0.4, 0.5) is 5.69 Å². The van der Waals surface area contributed by atoms with Crippen LogP contribution in [0.5, 0.6) is 0 Å². The Morgan fingerprint density at radius 3 is 2.44 bits per heavy atom. The number of hydrogen-bond donors (Lipinski definition) is 1. The van der Waals surface area contributed by atoms with Gasteiger partial charge in [-0.25, -0.2) is 4.68 Å². The van der Waals surface area contributed by atoms with Crippen LogP contribution in [0.2, 0.25) is 0 Å². The van der Waals surface area contributed by atoms with Crippen LogP contribution in [0.25, 0.3) is 5.69 Å². The minimum absolute atomic E-state index is 0.0606. The molecule has 1 atom stereocenters. The Morgan fingerprint density at radius 1 is 1.07 bits per heavy atom. The number of carbonyl (C=O) groups excluding carboxylic acids is 1. The minimum Gasteiger partial charge on any atom is -0.367 e. The number of aromatic nitrogens is 2. The smallest absolute Gasteiger partial charge is 0.254 e. The molecule has 1 N–H and O–H groups in total. The highest BCUT2D eigenvalue weighted by Gasteiger charge is 2.25. The van der Waals surface area contributed by atoms with Gasteiger partial charge in [0.1, 0.15) is 0 Å². The fourth-order valence-corrected chi connectivity index (χ4v) is 3.78. The van der Waals surface area contributed by atoms with Crippen LogP contribution in [0.1, 0.15) is 28.9 Å². The topological polar surface area (TPSA) is 50.2 Å². The van der Waals surface area contributed by atoms with Gasteiger partial charge < -0.3 is 10.2 Å². The molecule has 0 saturated carbocycles. The summed E-state index contributed by atoms with van der Waals surface area (Å²) in [5, 5.41) is 7.51. The molecule has 5 heteroatoms. The summed E-state index contributed by atoms with van der Waals surface area (Å²) in [6.45, 7) is 3.61. The second-order valence-corrected chi connectivity index (χ2v) is 6.93. The van der Waals surface area contributed by atoms with E-state index in [1.165, 1.54) is 5.69 Å². The van der Waals surface area contributed by atoms with Crippen LogP contribution in [0.3, 0.4) is 0 Å². The molecule has 1 amide bonds. The van der Waals surface area contributed by atoms with Gasteiger partial charge in [0.2, 0.25) is 0 Å². The van der Waals surface area contributed by atoms with Crippen molar-refractivity contribution < 1.29 is 4.79 Å². The molecular weight excluding hydrogens is 336 g/mol. The van der Waals surface area contributed by atoms with E-state index >= 15 is 0 Å². The first kappa shape index (κ1) is 17.3. The molecule has 27 heavy (non-hydrogen) atoms. The summed E-state index contributed by atoms with van der Waals surface area (Å²) in [6, 6.07) is 20.6. The number of para-hydroxylation sites is 2. The minimum atomic E-state index is -0.0606. The van der Waals surface area contributed by atoms with Crippen molar-refractivity contribution >= 4 is 11.6 Å². The number of amides is 1. The molecule has 0 bridgehead atoms. The van der Waals surface area contributed by atoms with E-state index in [4.69, 9.17) is 0 Å². The number of hydrogen-bond acceptors (Lipinski definition) is 3. The third-order valence-electron chi connectivity index (χ3n) is 5.22. The van der Waals surface area contributed by atoms with Gasteiger partial charge in [0.05, 0.1) is 23.1 Å². The number of nitrogens with zero attached hydrogens (tertiary/aromatic N) is 3. The van der Waals surface area contributed by atoms with Gasteiger partial charge in [-0.05, 0) is 44.0 Å². The molecule has 0 aliphatic carbocycles. The Morgan fingerprint density at radius 2 is 1.74 bits per heavy atom.